The normalized spacial score (nSPS) is 11.0. The number of nitrogens with zero attached hydrogens (tertiary/aromatic N) is 1. The predicted molar refractivity (Wildman–Crippen MR) is 65.3 cm³/mol. The number of rotatable bonds is 6. The van der Waals surface area contributed by atoms with Crippen LogP contribution in [0.15, 0.2) is 23.1 Å². The summed E-state index contributed by atoms with van der Waals surface area (Å²) in [5.41, 5.74) is 6.48. The van der Waals surface area contributed by atoms with E-state index in [-0.39, 0.29) is 5.69 Å². The number of anilines is 1. The Kier molecular flexibility index (Phi) is 4.37. The molecule has 0 aliphatic heterocycles. The Balaban J connectivity index is 3.29. The van der Waals surface area contributed by atoms with Crippen molar-refractivity contribution < 1.29 is 18.1 Å². The summed E-state index contributed by atoms with van der Waals surface area (Å²) >= 11 is 0. The summed E-state index contributed by atoms with van der Waals surface area (Å²) in [6.45, 7) is -0.667. The van der Waals surface area contributed by atoms with Crippen LogP contribution >= 0.6 is 0 Å². The van der Waals surface area contributed by atoms with Crippen molar-refractivity contribution in [2.75, 3.05) is 12.0 Å². The summed E-state index contributed by atoms with van der Waals surface area (Å²) < 4.78 is 25.5. The summed E-state index contributed by atoms with van der Waals surface area (Å²) in [6, 6.07) is 3.20. The fourth-order valence-corrected chi connectivity index (χ4v) is 2.40. The molecule has 10 nitrogen and oxygen atoms in total. The molecule has 0 atom stereocenters. The summed E-state index contributed by atoms with van der Waals surface area (Å²) in [4.78, 5) is 19.8. The fourth-order valence-electron chi connectivity index (χ4n) is 1.21. The third-order valence-corrected chi connectivity index (χ3v) is 3.48. The molecule has 1 rings (SSSR count). The van der Waals surface area contributed by atoms with Crippen molar-refractivity contribution in [3.8, 4) is 0 Å². The van der Waals surface area contributed by atoms with Gasteiger partial charge in [-0.05, 0) is 12.1 Å². The SMILES string of the molecule is NNc1ccc([N+](=O)[O-])c(S(=O)(=O)NCC(N)=O)c1. The highest BCUT2D eigenvalue weighted by atomic mass is 32.2. The van der Waals surface area contributed by atoms with E-state index in [2.05, 4.69) is 5.43 Å². The van der Waals surface area contributed by atoms with E-state index in [1.807, 2.05) is 4.72 Å². The van der Waals surface area contributed by atoms with Crippen molar-refractivity contribution in [1.82, 2.24) is 4.72 Å². The Hall–Kier alpha value is -2.24. The lowest BCUT2D eigenvalue weighted by molar-refractivity contribution is -0.387. The molecule has 0 aliphatic rings. The Morgan fingerprint density at radius 1 is 1.42 bits per heavy atom. The second kappa shape index (κ2) is 5.60. The predicted octanol–water partition coefficient (Wildman–Crippen LogP) is -1.36. The second-order valence-corrected chi connectivity index (χ2v) is 5.11. The molecule has 1 aromatic rings. The lowest BCUT2D eigenvalue weighted by Gasteiger charge is -2.07. The molecule has 0 radical (unpaired) electrons. The van der Waals surface area contributed by atoms with Gasteiger partial charge in [0.2, 0.25) is 15.9 Å². The summed E-state index contributed by atoms with van der Waals surface area (Å²) in [5.74, 6) is 4.18. The van der Waals surface area contributed by atoms with E-state index in [0.29, 0.717) is 0 Å². The van der Waals surface area contributed by atoms with E-state index >= 15 is 0 Å². The lowest BCUT2D eigenvalue weighted by atomic mass is 10.3. The summed E-state index contributed by atoms with van der Waals surface area (Å²) in [6.07, 6.45) is 0. The number of hydrogen-bond acceptors (Lipinski definition) is 7. The zero-order valence-corrected chi connectivity index (χ0v) is 10.3. The number of nitrogens with two attached hydrogens (primary N) is 2. The van der Waals surface area contributed by atoms with Gasteiger partial charge in [-0.3, -0.25) is 20.8 Å². The van der Waals surface area contributed by atoms with Gasteiger partial charge < -0.3 is 11.2 Å². The number of sulfonamides is 1. The number of primary amides is 1. The van der Waals surface area contributed by atoms with E-state index in [1.165, 1.54) is 6.07 Å². The third kappa shape index (κ3) is 3.61. The molecular formula is C8H11N5O5S. The van der Waals surface area contributed by atoms with Gasteiger partial charge in [-0.1, -0.05) is 0 Å². The zero-order valence-electron chi connectivity index (χ0n) is 9.49. The van der Waals surface area contributed by atoms with Gasteiger partial charge in [0.1, 0.15) is 0 Å². The van der Waals surface area contributed by atoms with Crippen molar-refractivity contribution in [1.29, 1.82) is 0 Å². The van der Waals surface area contributed by atoms with Gasteiger partial charge in [0, 0.05) is 6.07 Å². The molecule has 0 saturated carbocycles. The van der Waals surface area contributed by atoms with E-state index in [4.69, 9.17) is 11.6 Å². The first-order valence-electron chi connectivity index (χ1n) is 4.81. The van der Waals surface area contributed by atoms with Crippen molar-refractivity contribution in [3.63, 3.8) is 0 Å². The first kappa shape index (κ1) is 14.8. The molecule has 11 heteroatoms. The van der Waals surface area contributed by atoms with Gasteiger partial charge in [-0.2, -0.15) is 0 Å². The quantitative estimate of drug-likeness (QED) is 0.284. The molecule has 0 bridgehead atoms. The molecule has 0 unspecified atom stereocenters. The third-order valence-electron chi connectivity index (χ3n) is 2.05. The van der Waals surface area contributed by atoms with Gasteiger partial charge in [0.05, 0.1) is 17.2 Å². The van der Waals surface area contributed by atoms with Crippen LogP contribution in [0.3, 0.4) is 0 Å². The highest BCUT2D eigenvalue weighted by Gasteiger charge is 2.26. The van der Waals surface area contributed by atoms with Crippen LogP contribution in [0, 0.1) is 10.1 Å². The first-order chi connectivity index (χ1) is 8.77. The number of amides is 1. The van der Waals surface area contributed by atoms with Crippen LogP contribution in [0.2, 0.25) is 0 Å². The fraction of sp³-hybridized carbons (Fsp3) is 0.125. The van der Waals surface area contributed by atoms with E-state index in [9.17, 15) is 23.3 Å². The van der Waals surface area contributed by atoms with Gasteiger partial charge in [0.25, 0.3) is 5.69 Å². The minimum absolute atomic E-state index is 0.157. The van der Waals surface area contributed by atoms with Crippen molar-refractivity contribution in [3.05, 3.63) is 28.3 Å². The van der Waals surface area contributed by atoms with Crippen LogP contribution < -0.4 is 21.7 Å². The number of hydrogen-bond donors (Lipinski definition) is 4. The number of carbonyl (C=O) groups is 1. The molecule has 19 heavy (non-hydrogen) atoms. The van der Waals surface area contributed by atoms with Crippen LogP contribution in [0.5, 0.6) is 0 Å². The molecule has 0 aromatic heterocycles. The van der Waals surface area contributed by atoms with Crippen LogP contribution in [-0.2, 0) is 14.8 Å². The number of nitrogens with one attached hydrogen (secondary N) is 2. The number of nitro benzene ring substituents is 1. The van der Waals surface area contributed by atoms with Crippen LogP contribution in [-0.4, -0.2) is 25.8 Å². The maximum absolute atomic E-state index is 11.8. The molecular weight excluding hydrogens is 278 g/mol. The number of carbonyl (C=O) groups excluding carboxylic acids is 1. The molecule has 0 saturated heterocycles. The minimum atomic E-state index is -4.25. The molecule has 0 aliphatic carbocycles. The monoisotopic (exact) mass is 289 g/mol. The van der Waals surface area contributed by atoms with Crippen molar-refractivity contribution >= 4 is 27.3 Å². The van der Waals surface area contributed by atoms with Gasteiger partial charge in [0.15, 0.2) is 4.90 Å². The number of hydrazine groups is 1. The molecule has 1 aromatic carbocycles. The maximum Gasteiger partial charge on any atom is 0.289 e. The topological polar surface area (TPSA) is 170 Å². The largest absolute Gasteiger partial charge is 0.369 e. The Morgan fingerprint density at radius 2 is 2.05 bits per heavy atom. The highest BCUT2D eigenvalue weighted by Crippen LogP contribution is 2.26. The van der Waals surface area contributed by atoms with Crippen LogP contribution in [0.25, 0.3) is 0 Å². The second-order valence-electron chi connectivity index (χ2n) is 3.37. The van der Waals surface area contributed by atoms with Crippen LogP contribution in [0.1, 0.15) is 0 Å². The Labute approximate surface area is 107 Å². The van der Waals surface area contributed by atoms with Crippen molar-refractivity contribution in [2.24, 2.45) is 11.6 Å². The molecule has 0 spiro atoms. The average Bonchev–Trinajstić information content (AvgIpc) is 2.35. The standard InChI is InChI=1S/C8H11N5O5S/c9-8(14)4-11-19(17,18)7-3-5(12-10)1-2-6(7)13(15)16/h1-3,11-12H,4,10H2,(H2,9,14). The van der Waals surface area contributed by atoms with Crippen LogP contribution in [0.4, 0.5) is 11.4 Å². The van der Waals surface area contributed by atoms with Gasteiger partial charge >= 0.3 is 0 Å². The van der Waals surface area contributed by atoms with E-state index < -0.39 is 38.0 Å². The van der Waals surface area contributed by atoms with E-state index in [0.717, 1.165) is 12.1 Å². The summed E-state index contributed by atoms with van der Waals surface area (Å²) in [7, 11) is -4.25. The van der Waals surface area contributed by atoms with Crippen molar-refractivity contribution in [2.45, 2.75) is 4.90 Å². The summed E-state index contributed by atoms with van der Waals surface area (Å²) in [5, 5.41) is 10.8. The Bertz CT molecular complexity index is 614. The Morgan fingerprint density at radius 3 is 2.53 bits per heavy atom. The molecule has 0 fully saturated rings. The molecule has 1 amide bonds. The smallest absolute Gasteiger partial charge is 0.289 e. The van der Waals surface area contributed by atoms with E-state index in [1.54, 1.807) is 0 Å². The van der Waals surface area contributed by atoms with Gasteiger partial charge in [-0.25, -0.2) is 13.1 Å². The zero-order chi connectivity index (χ0) is 14.6. The molecule has 6 N–H and O–H groups in total. The van der Waals surface area contributed by atoms with Gasteiger partial charge in [-0.15, -0.1) is 0 Å². The maximum atomic E-state index is 11.8. The molecule has 104 valence electrons. The first-order valence-corrected chi connectivity index (χ1v) is 6.29. The number of nitrogen functional groups attached to an aromatic ring is 1. The highest BCUT2D eigenvalue weighted by molar-refractivity contribution is 7.89. The number of nitro groups is 1. The average molecular weight is 289 g/mol. The number of benzene rings is 1. The molecule has 0 heterocycles. The minimum Gasteiger partial charge on any atom is -0.369 e. The lowest BCUT2D eigenvalue weighted by Crippen LogP contribution is -2.33.